The topological polar surface area (TPSA) is 78.4 Å². The van der Waals surface area contributed by atoms with Gasteiger partial charge in [-0.1, -0.05) is 19.9 Å². The Balaban J connectivity index is 4.09. The maximum atomic E-state index is 11.1. The predicted octanol–water partition coefficient (Wildman–Crippen LogP) is 0.581. The van der Waals surface area contributed by atoms with Gasteiger partial charge in [0.2, 0.25) is 0 Å². The van der Waals surface area contributed by atoms with Crippen LogP contribution in [0.1, 0.15) is 13.8 Å². The summed E-state index contributed by atoms with van der Waals surface area (Å²) in [7, 11) is 0. The fourth-order valence-corrected chi connectivity index (χ4v) is 0.871. The third-order valence-electron chi connectivity index (χ3n) is 1.63. The third kappa shape index (κ3) is 4.49. The molecule has 80 valence electrons. The molecule has 0 aromatic rings. The molecule has 0 aliphatic heterocycles. The average Bonchev–Trinajstić information content (AvgIpc) is 2.09. The molecule has 5 nitrogen and oxygen atoms in total. The van der Waals surface area contributed by atoms with Crippen LogP contribution < -0.4 is 10.6 Å². The molecule has 0 heterocycles. The summed E-state index contributed by atoms with van der Waals surface area (Å²) in [5.74, 6) is -1.18. The van der Waals surface area contributed by atoms with Crippen molar-refractivity contribution in [1.29, 1.82) is 0 Å². The molecule has 0 aliphatic rings. The van der Waals surface area contributed by atoms with Gasteiger partial charge in [0, 0.05) is 6.54 Å². The van der Waals surface area contributed by atoms with E-state index in [9.17, 15) is 9.59 Å². The van der Waals surface area contributed by atoms with E-state index >= 15 is 0 Å². The second kappa shape index (κ2) is 6.01. The number of carboxylic acid groups (broad SMARTS) is 1. The second-order valence-corrected chi connectivity index (χ2v) is 3.20. The third-order valence-corrected chi connectivity index (χ3v) is 1.63. The van der Waals surface area contributed by atoms with Gasteiger partial charge in [0.15, 0.2) is 0 Å². The van der Waals surface area contributed by atoms with Gasteiger partial charge in [0.05, 0.1) is 0 Å². The molecule has 0 aliphatic carbocycles. The zero-order valence-electron chi connectivity index (χ0n) is 8.41. The van der Waals surface area contributed by atoms with E-state index in [1.54, 1.807) is 13.8 Å². The Morgan fingerprint density at radius 1 is 1.50 bits per heavy atom. The molecule has 0 saturated carbocycles. The summed E-state index contributed by atoms with van der Waals surface area (Å²) in [5, 5.41) is 13.5. The number of nitrogens with one attached hydrogen (secondary N) is 2. The van der Waals surface area contributed by atoms with Gasteiger partial charge in [-0.2, -0.15) is 0 Å². The molecule has 0 aromatic carbocycles. The van der Waals surface area contributed by atoms with E-state index in [-0.39, 0.29) is 5.92 Å². The van der Waals surface area contributed by atoms with Crippen LogP contribution in [-0.2, 0) is 4.79 Å². The Morgan fingerprint density at radius 2 is 2.07 bits per heavy atom. The Kier molecular flexibility index (Phi) is 5.36. The van der Waals surface area contributed by atoms with E-state index in [1.807, 2.05) is 0 Å². The molecule has 0 saturated heterocycles. The molecule has 1 atom stereocenters. The number of carboxylic acids is 1. The monoisotopic (exact) mass is 200 g/mol. The molecular weight excluding hydrogens is 184 g/mol. The molecule has 0 fully saturated rings. The van der Waals surface area contributed by atoms with Crippen LogP contribution in [0.15, 0.2) is 12.7 Å². The number of aliphatic carboxylic acids is 1. The van der Waals surface area contributed by atoms with Gasteiger partial charge in [-0.15, -0.1) is 6.58 Å². The fraction of sp³-hybridized carbons (Fsp3) is 0.556. The molecule has 0 spiro atoms. The van der Waals surface area contributed by atoms with Gasteiger partial charge in [-0.05, 0) is 5.92 Å². The van der Waals surface area contributed by atoms with Crippen molar-refractivity contribution in [2.75, 3.05) is 6.54 Å². The number of carbonyl (C=O) groups is 2. The summed E-state index contributed by atoms with van der Waals surface area (Å²) >= 11 is 0. The molecule has 0 aromatic heterocycles. The maximum Gasteiger partial charge on any atom is 0.326 e. The van der Waals surface area contributed by atoms with Crippen LogP contribution in [0.4, 0.5) is 4.79 Å². The van der Waals surface area contributed by atoms with Crippen LogP contribution in [-0.4, -0.2) is 29.7 Å². The number of rotatable bonds is 5. The lowest BCUT2D eigenvalue weighted by molar-refractivity contribution is -0.140. The molecule has 5 heteroatoms. The SMILES string of the molecule is C=CCNC(=O)NC(C(=O)O)C(C)C. The van der Waals surface area contributed by atoms with Crippen LogP contribution in [0.25, 0.3) is 0 Å². The quantitative estimate of drug-likeness (QED) is 0.568. The Hall–Kier alpha value is -1.52. The minimum atomic E-state index is -1.03. The smallest absolute Gasteiger partial charge is 0.326 e. The first kappa shape index (κ1) is 12.5. The molecule has 2 amide bonds. The van der Waals surface area contributed by atoms with E-state index in [0.29, 0.717) is 6.54 Å². The van der Waals surface area contributed by atoms with E-state index in [4.69, 9.17) is 5.11 Å². The van der Waals surface area contributed by atoms with Crippen molar-refractivity contribution in [3.05, 3.63) is 12.7 Å². The van der Waals surface area contributed by atoms with E-state index in [0.717, 1.165) is 0 Å². The van der Waals surface area contributed by atoms with Crippen molar-refractivity contribution in [2.24, 2.45) is 5.92 Å². The highest BCUT2D eigenvalue weighted by molar-refractivity contribution is 5.82. The minimum absolute atomic E-state index is 0.151. The highest BCUT2D eigenvalue weighted by Gasteiger charge is 2.22. The predicted molar refractivity (Wildman–Crippen MR) is 53.0 cm³/mol. The second-order valence-electron chi connectivity index (χ2n) is 3.20. The summed E-state index contributed by atoms with van der Waals surface area (Å²) in [4.78, 5) is 21.8. The molecule has 14 heavy (non-hydrogen) atoms. The summed E-state index contributed by atoms with van der Waals surface area (Å²) < 4.78 is 0. The molecular formula is C9H16N2O3. The molecule has 1 unspecified atom stereocenters. The zero-order valence-corrected chi connectivity index (χ0v) is 8.41. The van der Waals surface area contributed by atoms with Crippen molar-refractivity contribution >= 4 is 12.0 Å². The van der Waals surface area contributed by atoms with Gasteiger partial charge in [0.1, 0.15) is 6.04 Å². The number of carbonyl (C=O) groups excluding carboxylic acids is 1. The normalized spacial score (nSPS) is 11.9. The first-order chi connectivity index (χ1) is 6.49. The number of amides is 2. The van der Waals surface area contributed by atoms with Crippen LogP contribution in [0.5, 0.6) is 0 Å². The van der Waals surface area contributed by atoms with Gasteiger partial charge < -0.3 is 15.7 Å². The lowest BCUT2D eigenvalue weighted by atomic mass is 10.1. The Bertz CT molecular complexity index is 226. The van der Waals surface area contributed by atoms with Gasteiger partial charge in [0.25, 0.3) is 0 Å². The fourth-order valence-electron chi connectivity index (χ4n) is 0.871. The highest BCUT2D eigenvalue weighted by atomic mass is 16.4. The summed E-state index contributed by atoms with van der Waals surface area (Å²) in [6, 6.07) is -1.36. The Labute approximate surface area is 83.2 Å². The standard InChI is InChI=1S/C9H16N2O3/c1-4-5-10-9(14)11-7(6(2)3)8(12)13/h4,6-7H,1,5H2,2-3H3,(H,12,13)(H2,10,11,14). The molecule has 3 N–H and O–H groups in total. The van der Waals surface area contributed by atoms with Crippen molar-refractivity contribution in [2.45, 2.75) is 19.9 Å². The van der Waals surface area contributed by atoms with Crippen molar-refractivity contribution in [1.82, 2.24) is 10.6 Å². The molecule has 0 radical (unpaired) electrons. The van der Waals surface area contributed by atoms with Crippen LogP contribution in [0, 0.1) is 5.92 Å². The van der Waals surface area contributed by atoms with E-state index < -0.39 is 18.0 Å². The molecule has 0 bridgehead atoms. The van der Waals surface area contributed by atoms with E-state index in [2.05, 4.69) is 17.2 Å². The molecule has 0 rings (SSSR count). The van der Waals surface area contributed by atoms with Crippen LogP contribution in [0.2, 0.25) is 0 Å². The number of hydrogen-bond acceptors (Lipinski definition) is 2. The van der Waals surface area contributed by atoms with Crippen molar-refractivity contribution in [3.8, 4) is 0 Å². The summed E-state index contributed by atoms with van der Waals surface area (Å²) in [6.45, 7) is 7.20. The largest absolute Gasteiger partial charge is 0.480 e. The van der Waals surface area contributed by atoms with Gasteiger partial charge in [-0.3, -0.25) is 0 Å². The van der Waals surface area contributed by atoms with Crippen LogP contribution >= 0.6 is 0 Å². The van der Waals surface area contributed by atoms with Crippen LogP contribution in [0.3, 0.4) is 0 Å². The maximum absolute atomic E-state index is 11.1. The first-order valence-electron chi connectivity index (χ1n) is 4.37. The van der Waals surface area contributed by atoms with E-state index in [1.165, 1.54) is 6.08 Å². The summed E-state index contributed by atoms with van der Waals surface area (Å²) in [5.41, 5.74) is 0. The lowest BCUT2D eigenvalue weighted by Gasteiger charge is -2.17. The van der Waals surface area contributed by atoms with Gasteiger partial charge in [-0.25, -0.2) is 9.59 Å². The summed E-state index contributed by atoms with van der Waals surface area (Å²) in [6.07, 6.45) is 1.52. The van der Waals surface area contributed by atoms with Crippen molar-refractivity contribution < 1.29 is 14.7 Å². The Morgan fingerprint density at radius 3 is 2.43 bits per heavy atom. The van der Waals surface area contributed by atoms with Gasteiger partial charge >= 0.3 is 12.0 Å². The number of hydrogen-bond donors (Lipinski definition) is 3. The van der Waals surface area contributed by atoms with Crippen molar-refractivity contribution in [3.63, 3.8) is 0 Å². The lowest BCUT2D eigenvalue weighted by Crippen LogP contribution is -2.48. The number of urea groups is 1. The average molecular weight is 200 g/mol. The minimum Gasteiger partial charge on any atom is -0.480 e. The highest BCUT2D eigenvalue weighted by Crippen LogP contribution is 2.00. The first-order valence-corrected chi connectivity index (χ1v) is 4.37. The zero-order chi connectivity index (χ0) is 11.1.